The maximum Gasteiger partial charge on any atom is 0.319 e. The third-order valence-corrected chi connectivity index (χ3v) is 6.83. The van der Waals surface area contributed by atoms with Crippen LogP contribution in [0.3, 0.4) is 0 Å². The summed E-state index contributed by atoms with van der Waals surface area (Å²) < 4.78 is 0. The average Bonchev–Trinajstić information content (AvgIpc) is 2.76. The summed E-state index contributed by atoms with van der Waals surface area (Å²) in [6, 6.07) is 9.29. The molecule has 0 spiro atoms. The maximum atomic E-state index is 12.2. The van der Waals surface area contributed by atoms with Gasteiger partial charge in [0.2, 0.25) is 0 Å². The van der Waals surface area contributed by atoms with Crippen LogP contribution in [-0.2, 0) is 0 Å². The van der Waals surface area contributed by atoms with Crippen molar-refractivity contribution in [3.8, 4) is 0 Å². The normalized spacial score (nSPS) is 18.0. The molecule has 3 rings (SSSR count). The van der Waals surface area contributed by atoms with Crippen LogP contribution in [0.15, 0.2) is 36.4 Å². The minimum atomic E-state index is -0.287. The predicted molar refractivity (Wildman–Crippen MR) is 132 cm³/mol. The summed E-state index contributed by atoms with van der Waals surface area (Å²) in [5.41, 5.74) is 1.16. The fourth-order valence-electron chi connectivity index (χ4n) is 3.75. The molecule has 0 aliphatic heterocycles. The lowest BCUT2D eigenvalue weighted by atomic mass is 9.81. The fraction of sp³-hybridized carbons (Fsp3) is 0.364. The van der Waals surface area contributed by atoms with Gasteiger partial charge in [-0.1, -0.05) is 52.8 Å². The van der Waals surface area contributed by atoms with Crippen molar-refractivity contribution in [1.82, 2.24) is 10.6 Å². The summed E-state index contributed by atoms with van der Waals surface area (Å²) in [4.78, 5) is 24.4. The van der Waals surface area contributed by atoms with E-state index in [1.165, 1.54) is 0 Å². The number of anilines is 2. The summed E-state index contributed by atoms with van der Waals surface area (Å²) in [5.74, 6) is 0.710. The van der Waals surface area contributed by atoms with Crippen molar-refractivity contribution in [2.45, 2.75) is 25.7 Å². The molecule has 0 aromatic heterocycles. The SMILES string of the molecule is O=C(NC[C@@H]1CCC[C@@H](CNC(=O)Nc2ccc(Cl)c(Cl)c2)C1)Nc1ccc(Cl)c(Cl)c1. The summed E-state index contributed by atoms with van der Waals surface area (Å²) >= 11 is 23.7. The Kier molecular flexibility index (Phi) is 9.17. The van der Waals surface area contributed by atoms with Gasteiger partial charge in [-0.2, -0.15) is 0 Å². The molecule has 0 radical (unpaired) electrons. The van der Waals surface area contributed by atoms with Gasteiger partial charge in [-0.25, -0.2) is 9.59 Å². The number of halogens is 4. The molecule has 0 heterocycles. The molecule has 2 aromatic carbocycles. The Hall–Kier alpha value is -1.86. The maximum absolute atomic E-state index is 12.2. The van der Waals surface area contributed by atoms with Gasteiger partial charge in [0, 0.05) is 24.5 Å². The highest BCUT2D eigenvalue weighted by Gasteiger charge is 2.23. The Bertz CT molecular complexity index is 897. The zero-order chi connectivity index (χ0) is 23.1. The van der Waals surface area contributed by atoms with Gasteiger partial charge in [-0.3, -0.25) is 0 Å². The van der Waals surface area contributed by atoms with Gasteiger partial charge in [0.25, 0.3) is 0 Å². The smallest absolute Gasteiger partial charge is 0.319 e. The van der Waals surface area contributed by atoms with Crippen molar-refractivity contribution in [2.75, 3.05) is 23.7 Å². The Morgan fingerprint density at radius 1 is 0.719 bits per heavy atom. The molecule has 4 N–H and O–H groups in total. The Labute approximate surface area is 207 Å². The van der Waals surface area contributed by atoms with E-state index >= 15 is 0 Å². The van der Waals surface area contributed by atoms with Crippen LogP contribution >= 0.6 is 46.4 Å². The van der Waals surface area contributed by atoms with E-state index in [1.54, 1.807) is 36.4 Å². The van der Waals surface area contributed by atoms with Crippen LogP contribution in [0.25, 0.3) is 0 Å². The molecule has 0 bridgehead atoms. The Balaban J connectivity index is 1.38. The average molecular weight is 518 g/mol. The van der Waals surface area contributed by atoms with Gasteiger partial charge in [-0.05, 0) is 67.5 Å². The van der Waals surface area contributed by atoms with Gasteiger partial charge in [-0.15, -0.1) is 0 Å². The molecule has 2 aromatic rings. The summed E-state index contributed by atoms with van der Waals surface area (Å²) in [7, 11) is 0. The first-order valence-corrected chi connectivity index (χ1v) is 11.8. The number of amides is 4. The summed E-state index contributed by atoms with van der Waals surface area (Å²) in [6.07, 6.45) is 4.07. The van der Waals surface area contributed by atoms with Crippen LogP contribution in [0.2, 0.25) is 20.1 Å². The van der Waals surface area contributed by atoms with E-state index in [-0.39, 0.29) is 12.1 Å². The molecule has 4 amide bonds. The van der Waals surface area contributed by atoms with E-state index in [0.717, 1.165) is 25.7 Å². The van der Waals surface area contributed by atoms with Crippen LogP contribution in [0.1, 0.15) is 25.7 Å². The number of carbonyl (C=O) groups excluding carboxylic acids is 2. The van der Waals surface area contributed by atoms with Crippen molar-refractivity contribution in [2.24, 2.45) is 11.8 Å². The molecular formula is C22H24Cl4N4O2. The van der Waals surface area contributed by atoms with Crippen LogP contribution in [0, 0.1) is 11.8 Å². The lowest BCUT2D eigenvalue weighted by molar-refractivity contribution is 0.230. The second kappa shape index (κ2) is 11.8. The molecule has 1 saturated carbocycles. The van der Waals surface area contributed by atoms with Crippen LogP contribution < -0.4 is 21.3 Å². The monoisotopic (exact) mass is 516 g/mol. The Morgan fingerprint density at radius 3 is 1.56 bits per heavy atom. The highest BCUT2D eigenvalue weighted by Crippen LogP contribution is 2.29. The molecule has 0 unspecified atom stereocenters. The largest absolute Gasteiger partial charge is 0.338 e. The lowest BCUT2D eigenvalue weighted by Crippen LogP contribution is -2.38. The van der Waals surface area contributed by atoms with E-state index in [9.17, 15) is 9.59 Å². The second-order valence-electron chi connectivity index (χ2n) is 7.83. The zero-order valence-electron chi connectivity index (χ0n) is 17.2. The molecule has 0 saturated heterocycles. The molecule has 1 fully saturated rings. The lowest BCUT2D eigenvalue weighted by Gasteiger charge is -2.29. The third kappa shape index (κ3) is 7.62. The number of nitrogens with one attached hydrogen (secondary N) is 4. The van der Waals surface area contributed by atoms with Gasteiger partial charge in [0.05, 0.1) is 20.1 Å². The van der Waals surface area contributed by atoms with Gasteiger partial charge < -0.3 is 21.3 Å². The molecular weight excluding hydrogens is 494 g/mol. The minimum Gasteiger partial charge on any atom is -0.338 e. The highest BCUT2D eigenvalue weighted by molar-refractivity contribution is 6.42. The molecule has 2 atom stereocenters. The van der Waals surface area contributed by atoms with Crippen molar-refractivity contribution in [1.29, 1.82) is 0 Å². The standard InChI is InChI=1S/C22H24Cl4N4O2/c23-17-6-4-15(9-19(17)25)29-21(31)27-11-13-2-1-3-14(8-13)12-28-22(32)30-16-5-7-18(24)20(26)10-16/h4-7,9-10,13-14H,1-3,8,11-12H2,(H2,27,29,31)(H2,28,30,32)/t13-,14-/m1/s1. The van der Waals surface area contributed by atoms with Crippen LogP contribution in [0.4, 0.5) is 21.0 Å². The first-order chi connectivity index (χ1) is 15.3. The molecule has 172 valence electrons. The quantitative estimate of drug-likeness (QED) is 0.331. The molecule has 1 aliphatic carbocycles. The molecule has 1 aliphatic rings. The zero-order valence-corrected chi connectivity index (χ0v) is 20.2. The van der Waals surface area contributed by atoms with E-state index < -0.39 is 0 Å². The van der Waals surface area contributed by atoms with E-state index in [4.69, 9.17) is 46.4 Å². The number of hydrogen-bond donors (Lipinski definition) is 4. The first-order valence-electron chi connectivity index (χ1n) is 10.3. The van der Waals surface area contributed by atoms with E-state index in [1.807, 2.05) is 0 Å². The van der Waals surface area contributed by atoms with Gasteiger partial charge >= 0.3 is 12.1 Å². The molecule has 32 heavy (non-hydrogen) atoms. The van der Waals surface area contributed by atoms with Crippen molar-refractivity contribution in [3.05, 3.63) is 56.5 Å². The third-order valence-electron chi connectivity index (χ3n) is 5.35. The fourth-order valence-corrected chi connectivity index (χ4v) is 4.34. The first kappa shape index (κ1) is 24.8. The van der Waals surface area contributed by atoms with Gasteiger partial charge in [0.15, 0.2) is 0 Å². The molecule has 6 nitrogen and oxygen atoms in total. The van der Waals surface area contributed by atoms with E-state index in [2.05, 4.69) is 21.3 Å². The number of benzene rings is 2. The number of hydrogen-bond acceptors (Lipinski definition) is 2. The van der Waals surface area contributed by atoms with E-state index in [0.29, 0.717) is 56.4 Å². The van der Waals surface area contributed by atoms with Crippen LogP contribution in [0.5, 0.6) is 0 Å². The highest BCUT2D eigenvalue weighted by atomic mass is 35.5. The number of carbonyl (C=O) groups is 2. The van der Waals surface area contributed by atoms with Crippen molar-refractivity contribution in [3.63, 3.8) is 0 Å². The summed E-state index contributed by atoms with van der Waals surface area (Å²) in [6.45, 7) is 1.14. The van der Waals surface area contributed by atoms with Gasteiger partial charge in [0.1, 0.15) is 0 Å². The van der Waals surface area contributed by atoms with Crippen LogP contribution in [-0.4, -0.2) is 25.2 Å². The predicted octanol–water partition coefficient (Wildman–Crippen LogP) is 7.05. The number of rotatable bonds is 6. The topological polar surface area (TPSA) is 82.3 Å². The molecule has 10 heteroatoms. The van der Waals surface area contributed by atoms with Crippen molar-refractivity contribution < 1.29 is 9.59 Å². The minimum absolute atomic E-state index is 0.287. The number of urea groups is 2. The summed E-state index contributed by atoms with van der Waals surface area (Å²) in [5, 5.41) is 13.0. The second-order valence-corrected chi connectivity index (χ2v) is 9.46. The van der Waals surface area contributed by atoms with Crippen molar-refractivity contribution >= 4 is 69.8 Å². The Morgan fingerprint density at radius 2 is 1.16 bits per heavy atom.